The average molecular weight is 278 g/mol. The van der Waals surface area contributed by atoms with Crippen LogP contribution >= 0.6 is 11.6 Å². The van der Waals surface area contributed by atoms with Crippen molar-refractivity contribution in [2.45, 2.75) is 25.8 Å². The molecule has 1 aromatic carbocycles. The molecule has 1 amide bonds. The summed E-state index contributed by atoms with van der Waals surface area (Å²) in [5.41, 5.74) is 1.03. The Balaban J connectivity index is 2.04. The summed E-state index contributed by atoms with van der Waals surface area (Å²) in [6.45, 7) is 3.01. The summed E-state index contributed by atoms with van der Waals surface area (Å²) in [4.78, 5) is 12.1. The van der Waals surface area contributed by atoms with Gasteiger partial charge in [-0.2, -0.15) is 5.26 Å². The van der Waals surface area contributed by atoms with E-state index >= 15 is 0 Å². The van der Waals surface area contributed by atoms with Gasteiger partial charge in [0.25, 0.3) is 0 Å². The summed E-state index contributed by atoms with van der Waals surface area (Å²) in [6.07, 6.45) is 1.93. The van der Waals surface area contributed by atoms with Gasteiger partial charge in [-0.05, 0) is 43.5 Å². The Bertz CT molecular complexity index is 524. The molecule has 2 atom stereocenters. The fourth-order valence-corrected chi connectivity index (χ4v) is 2.44. The van der Waals surface area contributed by atoms with Crippen molar-refractivity contribution in [3.05, 3.63) is 28.8 Å². The number of nitrogens with one attached hydrogen (secondary N) is 2. The molecule has 0 radical (unpaired) electrons. The van der Waals surface area contributed by atoms with Gasteiger partial charge in [0.1, 0.15) is 0 Å². The third-order valence-electron chi connectivity index (χ3n) is 3.34. The van der Waals surface area contributed by atoms with Crippen LogP contribution in [0, 0.1) is 17.2 Å². The minimum absolute atomic E-state index is 0.0712. The summed E-state index contributed by atoms with van der Waals surface area (Å²) < 4.78 is 0. The zero-order chi connectivity index (χ0) is 13.8. The van der Waals surface area contributed by atoms with Gasteiger partial charge in [0, 0.05) is 0 Å². The van der Waals surface area contributed by atoms with Gasteiger partial charge in [-0.15, -0.1) is 0 Å². The first-order chi connectivity index (χ1) is 9.10. The van der Waals surface area contributed by atoms with Gasteiger partial charge >= 0.3 is 0 Å². The highest BCUT2D eigenvalue weighted by Gasteiger charge is 2.24. The van der Waals surface area contributed by atoms with Crippen LogP contribution in [0.3, 0.4) is 0 Å². The van der Waals surface area contributed by atoms with E-state index in [0.29, 0.717) is 22.2 Å². The lowest BCUT2D eigenvalue weighted by Crippen LogP contribution is -2.45. The van der Waals surface area contributed by atoms with E-state index in [-0.39, 0.29) is 11.9 Å². The van der Waals surface area contributed by atoms with Crippen LogP contribution in [0.2, 0.25) is 5.02 Å². The molecule has 1 aliphatic rings. The Morgan fingerprint density at radius 2 is 2.37 bits per heavy atom. The number of nitriles is 1. The molecular weight excluding hydrogens is 262 g/mol. The summed E-state index contributed by atoms with van der Waals surface area (Å²) in [5, 5.41) is 15.2. The van der Waals surface area contributed by atoms with Gasteiger partial charge in [0.05, 0.1) is 28.4 Å². The smallest absolute Gasteiger partial charge is 0.241 e. The molecule has 19 heavy (non-hydrogen) atoms. The van der Waals surface area contributed by atoms with Crippen LogP contribution < -0.4 is 10.6 Å². The third kappa shape index (κ3) is 3.46. The van der Waals surface area contributed by atoms with Gasteiger partial charge in [0.2, 0.25) is 5.91 Å². The molecule has 1 aromatic rings. The predicted molar refractivity (Wildman–Crippen MR) is 75.0 cm³/mol. The molecule has 4 nitrogen and oxygen atoms in total. The second-order valence-electron chi connectivity index (χ2n) is 4.93. The molecule has 2 N–H and O–H groups in total. The van der Waals surface area contributed by atoms with Crippen LogP contribution in [0.5, 0.6) is 0 Å². The lowest BCUT2D eigenvalue weighted by atomic mass is 9.94. The topological polar surface area (TPSA) is 64.9 Å². The molecule has 100 valence electrons. The van der Waals surface area contributed by atoms with Crippen molar-refractivity contribution in [3.63, 3.8) is 0 Å². The van der Waals surface area contributed by atoms with E-state index in [2.05, 4.69) is 17.6 Å². The van der Waals surface area contributed by atoms with Crippen LogP contribution in [0.1, 0.15) is 25.3 Å². The number of hydrogen-bond acceptors (Lipinski definition) is 3. The maximum atomic E-state index is 12.1. The molecule has 0 bridgehead atoms. The minimum Gasteiger partial charge on any atom is -0.323 e. The highest BCUT2D eigenvalue weighted by molar-refractivity contribution is 6.33. The molecule has 0 saturated carbocycles. The Kier molecular flexibility index (Phi) is 4.41. The Labute approximate surface area is 117 Å². The zero-order valence-corrected chi connectivity index (χ0v) is 11.5. The quantitative estimate of drug-likeness (QED) is 0.873. The Morgan fingerprint density at radius 3 is 3.00 bits per heavy atom. The SMILES string of the molecule is CC1CCNC(C(=O)Nc2ccc(C#N)cc2Cl)C1. The fourth-order valence-electron chi connectivity index (χ4n) is 2.21. The van der Waals surface area contributed by atoms with Gasteiger partial charge in [-0.1, -0.05) is 18.5 Å². The van der Waals surface area contributed by atoms with Crippen molar-refractivity contribution >= 4 is 23.2 Å². The summed E-state index contributed by atoms with van der Waals surface area (Å²) in [6, 6.07) is 6.68. The number of nitrogens with zero attached hydrogens (tertiary/aromatic N) is 1. The second-order valence-corrected chi connectivity index (χ2v) is 5.34. The van der Waals surface area contributed by atoms with Crippen molar-refractivity contribution in [2.75, 3.05) is 11.9 Å². The molecule has 1 aliphatic heterocycles. The predicted octanol–water partition coefficient (Wildman–Crippen LogP) is 2.54. The number of hydrogen-bond donors (Lipinski definition) is 2. The zero-order valence-electron chi connectivity index (χ0n) is 10.7. The van der Waals surface area contributed by atoms with E-state index in [1.54, 1.807) is 18.2 Å². The molecule has 1 saturated heterocycles. The number of anilines is 1. The number of amides is 1. The van der Waals surface area contributed by atoms with E-state index in [1.807, 2.05) is 6.07 Å². The van der Waals surface area contributed by atoms with Gasteiger partial charge in [-0.25, -0.2) is 0 Å². The first kappa shape index (κ1) is 13.9. The van der Waals surface area contributed by atoms with Crippen molar-refractivity contribution in [1.82, 2.24) is 5.32 Å². The molecule has 2 unspecified atom stereocenters. The minimum atomic E-state index is -0.171. The van der Waals surface area contributed by atoms with Crippen LogP contribution in [0.15, 0.2) is 18.2 Å². The Morgan fingerprint density at radius 1 is 1.58 bits per heavy atom. The number of benzene rings is 1. The number of halogens is 1. The van der Waals surface area contributed by atoms with E-state index in [4.69, 9.17) is 16.9 Å². The standard InChI is InChI=1S/C14H16ClN3O/c1-9-4-5-17-13(6-9)14(19)18-12-3-2-10(8-16)7-11(12)15/h2-3,7,9,13,17H,4-6H2,1H3,(H,18,19). The fraction of sp³-hybridized carbons (Fsp3) is 0.429. The Hall–Kier alpha value is -1.57. The first-order valence-electron chi connectivity index (χ1n) is 6.34. The van der Waals surface area contributed by atoms with Crippen molar-refractivity contribution < 1.29 is 4.79 Å². The van der Waals surface area contributed by atoms with Gasteiger partial charge in [0.15, 0.2) is 0 Å². The summed E-state index contributed by atoms with van der Waals surface area (Å²) >= 11 is 6.03. The molecular formula is C14H16ClN3O. The summed E-state index contributed by atoms with van der Waals surface area (Å²) in [5.74, 6) is 0.478. The number of rotatable bonds is 2. The van der Waals surface area contributed by atoms with Gasteiger partial charge in [-0.3, -0.25) is 4.79 Å². The van der Waals surface area contributed by atoms with E-state index in [9.17, 15) is 4.79 Å². The van der Waals surface area contributed by atoms with Crippen molar-refractivity contribution in [1.29, 1.82) is 5.26 Å². The van der Waals surface area contributed by atoms with Crippen molar-refractivity contribution in [2.24, 2.45) is 5.92 Å². The molecule has 2 rings (SSSR count). The third-order valence-corrected chi connectivity index (χ3v) is 3.65. The van der Waals surface area contributed by atoms with E-state index in [0.717, 1.165) is 19.4 Å². The second kappa shape index (κ2) is 6.05. The monoisotopic (exact) mass is 277 g/mol. The maximum Gasteiger partial charge on any atom is 0.241 e. The van der Waals surface area contributed by atoms with E-state index in [1.165, 1.54) is 0 Å². The van der Waals surface area contributed by atoms with Gasteiger partial charge < -0.3 is 10.6 Å². The highest BCUT2D eigenvalue weighted by Crippen LogP contribution is 2.24. The molecule has 1 fully saturated rings. The maximum absolute atomic E-state index is 12.1. The van der Waals surface area contributed by atoms with Crippen LogP contribution in [0.25, 0.3) is 0 Å². The first-order valence-corrected chi connectivity index (χ1v) is 6.72. The average Bonchev–Trinajstić information content (AvgIpc) is 2.41. The van der Waals surface area contributed by atoms with Crippen molar-refractivity contribution in [3.8, 4) is 6.07 Å². The summed E-state index contributed by atoms with van der Waals surface area (Å²) in [7, 11) is 0. The number of piperidine rings is 1. The van der Waals surface area contributed by atoms with Crippen LogP contribution in [0.4, 0.5) is 5.69 Å². The normalized spacial score (nSPS) is 22.6. The lowest BCUT2D eigenvalue weighted by Gasteiger charge is -2.27. The lowest BCUT2D eigenvalue weighted by molar-refractivity contribution is -0.119. The molecule has 0 aliphatic carbocycles. The largest absolute Gasteiger partial charge is 0.323 e. The van der Waals surface area contributed by atoms with E-state index < -0.39 is 0 Å². The molecule has 0 spiro atoms. The number of carbonyl (C=O) groups excluding carboxylic acids is 1. The molecule has 0 aromatic heterocycles. The molecule has 1 heterocycles. The van der Waals surface area contributed by atoms with Crippen LogP contribution in [-0.2, 0) is 4.79 Å². The highest BCUT2D eigenvalue weighted by atomic mass is 35.5. The van der Waals surface area contributed by atoms with Crippen LogP contribution in [-0.4, -0.2) is 18.5 Å². The number of carbonyl (C=O) groups is 1. The molecule has 5 heteroatoms.